The third-order valence-corrected chi connectivity index (χ3v) is 4.08. The third kappa shape index (κ3) is 4.18. The number of hydrogen-bond acceptors (Lipinski definition) is 4. The fourth-order valence-corrected chi connectivity index (χ4v) is 2.73. The summed E-state index contributed by atoms with van der Waals surface area (Å²) in [6.45, 7) is 1.78. The van der Waals surface area contributed by atoms with Crippen LogP contribution < -0.4 is 11.1 Å². The van der Waals surface area contributed by atoms with E-state index in [9.17, 15) is 4.79 Å². The molecular weight excluding hydrogens is 292 g/mol. The minimum Gasteiger partial charge on any atom is -0.364 e. The van der Waals surface area contributed by atoms with E-state index in [-0.39, 0.29) is 18.1 Å². The molecule has 1 amide bonds. The maximum atomic E-state index is 12.1. The van der Waals surface area contributed by atoms with E-state index in [2.05, 4.69) is 22.4 Å². The highest BCUT2D eigenvalue weighted by molar-refractivity contribution is 5.81. The molecule has 3 N–H and O–H groups in total. The van der Waals surface area contributed by atoms with Crippen LogP contribution in [0.3, 0.4) is 0 Å². The zero-order valence-electron chi connectivity index (χ0n) is 13.0. The van der Waals surface area contributed by atoms with Crippen molar-refractivity contribution in [3.8, 4) is 0 Å². The fourth-order valence-electron chi connectivity index (χ4n) is 2.73. The molecule has 2 atom stereocenters. The van der Waals surface area contributed by atoms with E-state index in [1.807, 2.05) is 22.9 Å². The second kappa shape index (κ2) is 7.39. The number of carbonyl (C=O) groups excluding carboxylic acids is 1. The van der Waals surface area contributed by atoms with Gasteiger partial charge in [0.05, 0.1) is 12.4 Å². The standard InChI is InChI=1S/C17H22N4O2/c18-9-15-5-6-16(23-15)17(22)20-10-13-1-3-14(4-2-13)11-21-8-7-19-12-21/h1-4,7-8,12,15-16H,5-6,9-11,18H2,(H,20,22)/t15-,16+/m1/s1. The fraction of sp³-hybridized carbons (Fsp3) is 0.412. The van der Waals surface area contributed by atoms with E-state index in [1.165, 1.54) is 5.56 Å². The normalized spacial score (nSPS) is 20.6. The van der Waals surface area contributed by atoms with Gasteiger partial charge in [0, 0.05) is 32.0 Å². The number of benzene rings is 1. The van der Waals surface area contributed by atoms with Crippen LogP contribution in [0.25, 0.3) is 0 Å². The van der Waals surface area contributed by atoms with Crippen LogP contribution in [0.5, 0.6) is 0 Å². The van der Waals surface area contributed by atoms with Crippen LogP contribution in [0.4, 0.5) is 0 Å². The van der Waals surface area contributed by atoms with Crippen LogP contribution >= 0.6 is 0 Å². The quantitative estimate of drug-likeness (QED) is 0.835. The number of nitrogens with two attached hydrogens (primary N) is 1. The van der Waals surface area contributed by atoms with E-state index in [0.717, 1.165) is 24.9 Å². The SMILES string of the molecule is NC[C@H]1CC[C@@H](C(=O)NCc2ccc(Cn3ccnc3)cc2)O1. The molecule has 1 aliphatic rings. The topological polar surface area (TPSA) is 82.2 Å². The second-order valence-corrected chi connectivity index (χ2v) is 5.83. The molecule has 2 heterocycles. The minimum atomic E-state index is -0.357. The second-order valence-electron chi connectivity index (χ2n) is 5.83. The summed E-state index contributed by atoms with van der Waals surface area (Å²) >= 11 is 0. The first-order valence-corrected chi connectivity index (χ1v) is 7.91. The first-order chi connectivity index (χ1) is 11.2. The van der Waals surface area contributed by atoms with Gasteiger partial charge in [0.25, 0.3) is 0 Å². The van der Waals surface area contributed by atoms with Gasteiger partial charge in [0.15, 0.2) is 0 Å². The molecule has 0 unspecified atom stereocenters. The average molecular weight is 314 g/mol. The van der Waals surface area contributed by atoms with Crippen molar-refractivity contribution in [2.45, 2.75) is 38.1 Å². The molecular formula is C17H22N4O2. The summed E-state index contributed by atoms with van der Waals surface area (Å²) < 4.78 is 7.61. The molecule has 1 fully saturated rings. The van der Waals surface area contributed by atoms with Gasteiger partial charge >= 0.3 is 0 Å². The van der Waals surface area contributed by atoms with Crippen molar-refractivity contribution in [2.24, 2.45) is 5.73 Å². The Morgan fingerprint density at radius 1 is 1.30 bits per heavy atom. The van der Waals surface area contributed by atoms with E-state index in [0.29, 0.717) is 13.1 Å². The van der Waals surface area contributed by atoms with E-state index < -0.39 is 0 Å². The van der Waals surface area contributed by atoms with E-state index >= 15 is 0 Å². The van der Waals surface area contributed by atoms with Crippen LogP contribution in [-0.4, -0.2) is 34.2 Å². The molecule has 0 bridgehead atoms. The molecule has 1 aromatic heterocycles. The summed E-state index contributed by atoms with van der Waals surface area (Å²) in [6, 6.07) is 8.20. The Labute approximate surface area is 135 Å². The monoisotopic (exact) mass is 314 g/mol. The number of aromatic nitrogens is 2. The van der Waals surface area contributed by atoms with Crippen molar-refractivity contribution in [3.63, 3.8) is 0 Å². The molecule has 1 saturated heterocycles. The van der Waals surface area contributed by atoms with Crippen LogP contribution in [0, 0.1) is 0 Å². The number of amides is 1. The van der Waals surface area contributed by atoms with Gasteiger partial charge < -0.3 is 20.4 Å². The molecule has 1 aliphatic heterocycles. The lowest BCUT2D eigenvalue weighted by molar-refractivity contribution is -0.132. The molecule has 0 aliphatic carbocycles. The molecule has 0 spiro atoms. The lowest BCUT2D eigenvalue weighted by Crippen LogP contribution is -2.35. The predicted octanol–water partition coefficient (Wildman–Crippen LogP) is 1.05. The molecule has 122 valence electrons. The Hall–Kier alpha value is -2.18. The van der Waals surface area contributed by atoms with E-state index in [1.54, 1.807) is 12.5 Å². The molecule has 23 heavy (non-hydrogen) atoms. The van der Waals surface area contributed by atoms with Crippen molar-refractivity contribution in [3.05, 3.63) is 54.1 Å². The zero-order valence-corrected chi connectivity index (χ0v) is 13.0. The Morgan fingerprint density at radius 3 is 2.74 bits per heavy atom. The maximum absolute atomic E-state index is 12.1. The van der Waals surface area contributed by atoms with Gasteiger partial charge in [-0.25, -0.2) is 4.98 Å². The van der Waals surface area contributed by atoms with Crippen LogP contribution in [-0.2, 0) is 22.6 Å². The van der Waals surface area contributed by atoms with Crippen molar-refractivity contribution in [1.29, 1.82) is 0 Å². The van der Waals surface area contributed by atoms with Crippen molar-refractivity contribution < 1.29 is 9.53 Å². The lowest BCUT2D eigenvalue weighted by Gasteiger charge is -2.13. The van der Waals surface area contributed by atoms with Crippen molar-refractivity contribution >= 4 is 5.91 Å². The van der Waals surface area contributed by atoms with E-state index in [4.69, 9.17) is 10.5 Å². The van der Waals surface area contributed by atoms with Gasteiger partial charge in [-0.2, -0.15) is 0 Å². The predicted molar refractivity (Wildman–Crippen MR) is 86.6 cm³/mol. The van der Waals surface area contributed by atoms with Crippen LogP contribution in [0.1, 0.15) is 24.0 Å². The van der Waals surface area contributed by atoms with Gasteiger partial charge in [0.1, 0.15) is 6.10 Å². The smallest absolute Gasteiger partial charge is 0.249 e. The Balaban J connectivity index is 1.48. The van der Waals surface area contributed by atoms with Gasteiger partial charge in [-0.3, -0.25) is 4.79 Å². The summed E-state index contributed by atoms with van der Waals surface area (Å²) in [5.74, 6) is -0.0524. The number of nitrogens with zero attached hydrogens (tertiary/aromatic N) is 2. The van der Waals surface area contributed by atoms with Gasteiger partial charge in [-0.1, -0.05) is 24.3 Å². The Kier molecular flexibility index (Phi) is 5.05. The highest BCUT2D eigenvalue weighted by Crippen LogP contribution is 2.19. The number of carbonyl (C=O) groups is 1. The molecule has 0 radical (unpaired) electrons. The molecule has 0 saturated carbocycles. The molecule has 1 aromatic carbocycles. The van der Waals surface area contributed by atoms with Crippen LogP contribution in [0.2, 0.25) is 0 Å². The summed E-state index contributed by atoms with van der Waals surface area (Å²) in [5.41, 5.74) is 7.83. The van der Waals surface area contributed by atoms with Crippen molar-refractivity contribution in [1.82, 2.24) is 14.9 Å². The van der Waals surface area contributed by atoms with Crippen molar-refractivity contribution in [2.75, 3.05) is 6.54 Å². The van der Waals surface area contributed by atoms with Crippen LogP contribution in [0.15, 0.2) is 43.0 Å². The number of hydrogen-bond donors (Lipinski definition) is 2. The highest BCUT2D eigenvalue weighted by Gasteiger charge is 2.29. The average Bonchev–Trinajstić information content (AvgIpc) is 3.25. The lowest BCUT2D eigenvalue weighted by atomic mass is 10.1. The largest absolute Gasteiger partial charge is 0.364 e. The number of nitrogens with one attached hydrogen (secondary N) is 1. The van der Waals surface area contributed by atoms with Gasteiger partial charge in [0.2, 0.25) is 5.91 Å². The molecule has 6 nitrogen and oxygen atoms in total. The zero-order chi connectivity index (χ0) is 16.1. The van der Waals surface area contributed by atoms with Gasteiger partial charge in [-0.15, -0.1) is 0 Å². The first kappa shape index (κ1) is 15.7. The molecule has 3 rings (SSSR count). The summed E-state index contributed by atoms with van der Waals surface area (Å²) in [6.07, 6.45) is 6.77. The Bertz CT molecular complexity index is 625. The first-order valence-electron chi connectivity index (χ1n) is 7.91. The number of rotatable bonds is 6. The summed E-state index contributed by atoms with van der Waals surface area (Å²) in [7, 11) is 0. The number of ether oxygens (including phenoxy) is 1. The number of imidazole rings is 1. The third-order valence-electron chi connectivity index (χ3n) is 4.08. The molecule has 2 aromatic rings. The summed E-state index contributed by atoms with van der Waals surface area (Å²) in [4.78, 5) is 16.1. The summed E-state index contributed by atoms with van der Waals surface area (Å²) in [5, 5.41) is 2.93. The highest BCUT2D eigenvalue weighted by atomic mass is 16.5. The Morgan fingerprint density at radius 2 is 2.09 bits per heavy atom. The maximum Gasteiger partial charge on any atom is 0.249 e. The van der Waals surface area contributed by atoms with Gasteiger partial charge in [-0.05, 0) is 24.0 Å². The minimum absolute atomic E-state index is 0.0215. The molecule has 6 heteroatoms.